The Morgan fingerprint density at radius 3 is 2.91 bits per heavy atom. The molecule has 4 heteroatoms. The van der Waals surface area contributed by atoms with Gasteiger partial charge in [-0.15, -0.1) is 11.3 Å². The second kappa shape index (κ2) is 2.75. The highest BCUT2D eigenvalue weighted by Gasteiger charge is 1.98. The standard InChI is InChI=1S/C7H4N3S/c1-2-10-6(3-8-1)7-4-9-5-11-7/h1,3-5H. The van der Waals surface area contributed by atoms with Crippen molar-refractivity contribution in [3.63, 3.8) is 0 Å². The maximum absolute atomic E-state index is 4.00. The second-order valence-electron chi connectivity index (χ2n) is 1.90. The van der Waals surface area contributed by atoms with Crippen molar-refractivity contribution in [1.82, 2.24) is 15.0 Å². The summed E-state index contributed by atoms with van der Waals surface area (Å²) in [6.07, 6.45) is 7.66. The van der Waals surface area contributed by atoms with E-state index in [1.165, 1.54) is 6.20 Å². The number of thiazole rings is 1. The maximum Gasteiger partial charge on any atom is 0.109 e. The lowest BCUT2D eigenvalue weighted by atomic mass is 10.4. The molecule has 0 atom stereocenters. The molecule has 2 rings (SSSR count). The van der Waals surface area contributed by atoms with Gasteiger partial charge in [0.15, 0.2) is 0 Å². The van der Waals surface area contributed by atoms with E-state index in [-0.39, 0.29) is 0 Å². The zero-order chi connectivity index (χ0) is 7.52. The number of hydrogen-bond acceptors (Lipinski definition) is 4. The van der Waals surface area contributed by atoms with Crippen molar-refractivity contribution in [2.24, 2.45) is 0 Å². The van der Waals surface area contributed by atoms with Crippen LogP contribution >= 0.6 is 11.3 Å². The molecule has 0 saturated carbocycles. The molecule has 0 saturated heterocycles. The molecule has 2 aromatic rings. The minimum absolute atomic E-state index is 0.829. The van der Waals surface area contributed by atoms with Crippen molar-refractivity contribution in [2.45, 2.75) is 0 Å². The zero-order valence-corrected chi connectivity index (χ0v) is 6.38. The monoisotopic (exact) mass is 162 g/mol. The lowest BCUT2D eigenvalue weighted by Gasteiger charge is -1.89. The van der Waals surface area contributed by atoms with Crippen LogP contribution in [-0.2, 0) is 0 Å². The first kappa shape index (κ1) is 6.42. The predicted molar refractivity (Wildman–Crippen MR) is 42.0 cm³/mol. The van der Waals surface area contributed by atoms with E-state index in [2.05, 4.69) is 21.1 Å². The average molecular weight is 162 g/mol. The van der Waals surface area contributed by atoms with Crippen molar-refractivity contribution in [3.8, 4) is 10.6 Å². The largest absolute Gasteiger partial charge is 0.260 e. The molecule has 0 aliphatic carbocycles. The van der Waals surface area contributed by atoms with E-state index in [1.54, 1.807) is 29.2 Å². The van der Waals surface area contributed by atoms with E-state index in [4.69, 9.17) is 0 Å². The summed E-state index contributed by atoms with van der Waals surface area (Å²) in [5, 5.41) is 0. The summed E-state index contributed by atoms with van der Waals surface area (Å²) < 4.78 is 0. The van der Waals surface area contributed by atoms with E-state index in [1.807, 2.05) is 0 Å². The van der Waals surface area contributed by atoms with Crippen LogP contribution < -0.4 is 0 Å². The van der Waals surface area contributed by atoms with Gasteiger partial charge in [0.05, 0.1) is 22.8 Å². The predicted octanol–water partition coefficient (Wildman–Crippen LogP) is 1.40. The van der Waals surface area contributed by atoms with Crippen molar-refractivity contribution in [2.75, 3.05) is 0 Å². The Morgan fingerprint density at radius 2 is 2.27 bits per heavy atom. The Labute approximate surface area is 67.8 Å². The van der Waals surface area contributed by atoms with Crippen molar-refractivity contribution in [1.29, 1.82) is 0 Å². The summed E-state index contributed by atoms with van der Waals surface area (Å²) >= 11 is 1.54. The first-order valence-corrected chi connectivity index (χ1v) is 3.92. The molecule has 0 unspecified atom stereocenters. The molecule has 0 aromatic carbocycles. The van der Waals surface area contributed by atoms with Gasteiger partial charge in [-0.3, -0.25) is 9.97 Å². The third-order valence-corrected chi connectivity index (χ3v) is 1.99. The van der Waals surface area contributed by atoms with Crippen LogP contribution in [0, 0.1) is 6.20 Å². The van der Waals surface area contributed by atoms with Crippen LogP contribution in [0.4, 0.5) is 0 Å². The molecular formula is C7H4N3S. The fourth-order valence-corrected chi connectivity index (χ4v) is 1.31. The molecule has 0 aliphatic heterocycles. The molecule has 2 heterocycles. The molecule has 0 fully saturated rings. The van der Waals surface area contributed by atoms with E-state index >= 15 is 0 Å². The lowest BCUT2D eigenvalue weighted by molar-refractivity contribution is 1.20. The summed E-state index contributed by atoms with van der Waals surface area (Å²) in [7, 11) is 0. The Bertz CT molecular complexity index is 317. The molecule has 0 N–H and O–H groups in total. The minimum Gasteiger partial charge on any atom is -0.260 e. The van der Waals surface area contributed by atoms with Gasteiger partial charge in [-0.2, -0.15) is 0 Å². The molecule has 53 valence electrons. The van der Waals surface area contributed by atoms with Crippen LogP contribution in [0.15, 0.2) is 24.1 Å². The normalized spacial score (nSPS) is 9.82. The topological polar surface area (TPSA) is 38.7 Å². The number of nitrogens with zero attached hydrogens (tertiary/aromatic N) is 3. The van der Waals surface area contributed by atoms with Gasteiger partial charge < -0.3 is 0 Å². The van der Waals surface area contributed by atoms with E-state index in [9.17, 15) is 0 Å². The van der Waals surface area contributed by atoms with Gasteiger partial charge >= 0.3 is 0 Å². The first-order chi connectivity index (χ1) is 5.47. The van der Waals surface area contributed by atoms with Crippen LogP contribution in [0.25, 0.3) is 10.6 Å². The van der Waals surface area contributed by atoms with Gasteiger partial charge in [-0.1, -0.05) is 0 Å². The SMILES string of the molecule is [c]1cncc(-c2cncs2)n1. The van der Waals surface area contributed by atoms with Gasteiger partial charge in [0.1, 0.15) is 11.9 Å². The maximum atomic E-state index is 4.00. The third kappa shape index (κ3) is 1.25. The lowest BCUT2D eigenvalue weighted by Crippen LogP contribution is -1.80. The number of hydrogen-bond donors (Lipinski definition) is 0. The summed E-state index contributed by atoms with van der Waals surface area (Å²) in [5.41, 5.74) is 2.60. The molecular weight excluding hydrogens is 158 g/mol. The van der Waals surface area contributed by atoms with Crippen LogP contribution in [0.3, 0.4) is 0 Å². The van der Waals surface area contributed by atoms with Crippen LogP contribution in [0.2, 0.25) is 0 Å². The van der Waals surface area contributed by atoms with Gasteiger partial charge in [-0.25, -0.2) is 4.98 Å². The fourth-order valence-electron chi connectivity index (χ4n) is 0.729. The molecule has 0 spiro atoms. The molecule has 0 aliphatic rings. The molecule has 3 nitrogen and oxygen atoms in total. The Hall–Kier alpha value is -1.29. The Balaban J connectivity index is 2.46. The summed E-state index contributed by atoms with van der Waals surface area (Å²) in [4.78, 5) is 12.9. The highest BCUT2D eigenvalue weighted by molar-refractivity contribution is 7.13. The molecule has 0 amide bonds. The average Bonchev–Trinajstić information content (AvgIpc) is 2.58. The third-order valence-electron chi connectivity index (χ3n) is 1.20. The highest BCUT2D eigenvalue weighted by atomic mass is 32.1. The molecule has 0 bridgehead atoms. The van der Waals surface area contributed by atoms with E-state index < -0.39 is 0 Å². The molecule has 1 radical (unpaired) electrons. The van der Waals surface area contributed by atoms with Crippen LogP contribution in [0.5, 0.6) is 0 Å². The van der Waals surface area contributed by atoms with Crippen molar-refractivity contribution < 1.29 is 0 Å². The Kier molecular flexibility index (Phi) is 1.61. The molecule has 11 heavy (non-hydrogen) atoms. The minimum atomic E-state index is 0.829. The van der Waals surface area contributed by atoms with Gasteiger partial charge in [0.25, 0.3) is 0 Å². The van der Waals surface area contributed by atoms with E-state index in [0.717, 1.165) is 10.6 Å². The van der Waals surface area contributed by atoms with Gasteiger partial charge in [0.2, 0.25) is 0 Å². The Morgan fingerprint density at radius 1 is 1.27 bits per heavy atom. The number of aromatic nitrogens is 3. The van der Waals surface area contributed by atoms with Crippen molar-refractivity contribution in [3.05, 3.63) is 30.3 Å². The summed E-state index contributed by atoms with van der Waals surface area (Å²) in [6.45, 7) is 0. The second-order valence-corrected chi connectivity index (χ2v) is 2.79. The summed E-state index contributed by atoms with van der Waals surface area (Å²) in [5.74, 6) is 0. The highest BCUT2D eigenvalue weighted by Crippen LogP contribution is 2.18. The smallest absolute Gasteiger partial charge is 0.109 e. The summed E-state index contributed by atoms with van der Waals surface area (Å²) in [6, 6.07) is 0. The van der Waals surface area contributed by atoms with Gasteiger partial charge in [-0.05, 0) is 0 Å². The molecule has 2 aromatic heterocycles. The fraction of sp³-hybridized carbons (Fsp3) is 0. The van der Waals surface area contributed by atoms with Crippen LogP contribution in [0.1, 0.15) is 0 Å². The quantitative estimate of drug-likeness (QED) is 0.636. The van der Waals surface area contributed by atoms with E-state index in [0.29, 0.717) is 0 Å². The van der Waals surface area contributed by atoms with Crippen LogP contribution in [-0.4, -0.2) is 15.0 Å². The zero-order valence-electron chi connectivity index (χ0n) is 5.56. The first-order valence-electron chi connectivity index (χ1n) is 3.04. The van der Waals surface area contributed by atoms with Gasteiger partial charge in [0, 0.05) is 6.20 Å². The number of rotatable bonds is 1. The van der Waals surface area contributed by atoms with Crippen molar-refractivity contribution >= 4 is 11.3 Å².